The number of hydrogen-bond donors (Lipinski definition) is 1. The number of imidazole rings is 1. The molecule has 5 nitrogen and oxygen atoms in total. The molecule has 5 heteroatoms. The van der Waals surface area contributed by atoms with Gasteiger partial charge in [0, 0.05) is 7.05 Å². The highest BCUT2D eigenvalue weighted by Gasteiger charge is 2.04. The summed E-state index contributed by atoms with van der Waals surface area (Å²) in [7, 11) is 1.63. The van der Waals surface area contributed by atoms with Crippen LogP contribution >= 0.6 is 0 Å². The summed E-state index contributed by atoms with van der Waals surface area (Å²) in [5.74, 6) is 0. The van der Waals surface area contributed by atoms with Gasteiger partial charge in [-0.2, -0.15) is 4.98 Å². The number of oxazole rings is 1. The number of fused-ring (bicyclic) bond motifs is 1. The summed E-state index contributed by atoms with van der Waals surface area (Å²) < 4.78 is 6.22. The van der Waals surface area contributed by atoms with E-state index in [1.54, 1.807) is 7.05 Å². The van der Waals surface area contributed by atoms with E-state index in [-0.39, 0.29) is 5.69 Å². The van der Waals surface area contributed by atoms with E-state index in [0.717, 1.165) is 0 Å². The second kappa shape index (κ2) is 1.50. The van der Waals surface area contributed by atoms with Crippen LogP contribution in [-0.2, 0) is 7.05 Å². The van der Waals surface area contributed by atoms with Gasteiger partial charge in [-0.05, 0) is 0 Å². The predicted octanol–water partition coefficient (Wildman–Crippen LogP) is -0.145. The molecule has 0 spiro atoms. The van der Waals surface area contributed by atoms with E-state index in [2.05, 4.69) is 9.97 Å². The van der Waals surface area contributed by atoms with Crippen molar-refractivity contribution >= 4 is 11.4 Å². The molecule has 0 radical (unpaired) electrons. The number of nitrogens with zero attached hydrogens (tertiary/aromatic N) is 2. The third-order valence-corrected chi connectivity index (χ3v) is 1.39. The summed E-state index contributed by atoms with van der Waals surface area (Å²) in [5, 5.41) is 0. The van der Waals surface area contributed by atoms with E-state index in [4.69, 9.17) is 4.42 Å². The first-order chi connectivity index (χ1) is 4.79. The fourth-order valence-corrected chi connectivity index (χ4v) is 0.842. The zero-order valence-corrected chi connectivity index (χ0v) is 5.29. The van der Waals surface area contributed by atoms with Crippen molar-refractivity contribution in [3.8, 4) is 0 Å². The van der Waals surface area contributed by atoms with Crippen molar-refractivity contribution in [2.75, 3.05) is 0 Å². The second-order valence-electron chi connectivity index (χ2n) is 1.99. The molecule has 2 rings (SSSR count). The lowest BCUT2D eigenvalue weighted by molar-refractivity contribution is 0.589. The molecule has 0 fully saturated rings. The van der Waals surface area contributed by atoms with Gasteiger partial charge in [0.1, 0.15) is 0 Å². The number of H-pyrrole nitrogens is 1. The Labute approximate surface area is 55.3 Å². The van der Waals surface area contributed by atoms with Gasteiger partial charge < -0.3 is 4.42 Å². The molecule has 2 aromatic heterocycles. The van der Waals surface area contributed by atoms with E-state index in [9.17, 15) is 4.79 Å². The van der Waals surface area contributed by atoms with E-state index in [0.29, 0.717) is 11.4 Å². The Morgan fingerprint density at radius 2 is 2.60 bits per heavy atom. The molecule has 0 aliphatic carbocycles. The smallest absolute Gasteiger partial charge is 0.329 e. The molecular formula is C5H5N3O2. The van der Waals surface area contributed by atoms with Gasteiger partial charge in [-0.1, -0.05) is 0 Å². The summed E-state index contributed by atoms with van der Waals surface area (Å²) in [6.45, 7) is 0. The fraction of sp³-hybridized carbons (Fsp3) is 0.200. The number of rotatable bonds is 0. The molecule has 10 heavy (non-hydrogen) atoms. The van der Waals surface area contributed by atoms with Crippen molar-refractivity contribution in [2.45, 2.75) is 0 Å². The van der Waals surface area contributed by atoms with Gasteiger partial charge in [0.15, 0.2) is 6.39 Å². The quantitative estimate of drug-likeness (QED) is 0.552. The van der Waals surface area contributed by atoms with Gasteiger partial charge >= 0.3 is 5.69 Å². The zero-order valence-electron chi connectivity index (χ0n) is 5.29. The van der Waals surface area contributed by atoms with Gasteiger partial charge in [-0.3, -0.25) is 9.55 Å². The van der Waals surface area contributed by atoms with Crippen LogP contribution in [0.15, 0.2) is 15.6 Å². The van der Waals surface area contributed by atoms with Crippen molar-refractivity contribution < 1.29 is 4.42 Å². The van der Waals surface area contributed by atoms with Crippen molar-refractivity contribution in [3.05, 3.63) is 16.9 Å². The molecule has 2 heterocycles. The minimum absolute atomic E-state index is 0.207. The van der Waals surface area contributed by atoms with Crippen LogP contribution in [0.4, 0.5) is 0 Å². The van der Waals surface area contributed by atoms with Crippen LogP contribution in [0.1, 0.15) is 0 Å². The fourth-order valence-electron chi connectivity index (χ4n) is 0.842. The second-order valence-corrected chi connectivity index (χ2v) is 1.99. The summed E-state index contributed by atoms with van der Waals surface area (Å²) in [4.78, 5) is 17.1. The lowest BCUT2D eigenvalue weighted by Crippen LogP contribution is -2.12. The first kappa shape index (κ1) is 5.28. The van der Waals surface area contributed by atoms with Gasteiger partial charge in [0.2, 0.25) is 11.4 Å². The van der Waals surface area contributed by atoms with Crippen LogP contribution in [-0.4, -0.2) is 14.5 Å². The first-order valence-corrected chi connectivity index (χ1v) is 2.77. The Morgan fingerprint density at radius 3 is 3.30 bits per heavy atom. The topological polar surface area (TPSA) is 63.8 Å². The molecule has 0 aromatic carbocycles. The zero-order chi connectivity index (χ0) is 7.14. The Balaban J connectivity index is 3.09. The minimum atomic E-state index is -0.207. The van der Waals surface area contributed by atoms with Gasteiger partial charge in [-0.25, -0.2) is 4.79 Å². The van der Waals surface area contributed by atoms with E-state index in [1.807, 2.05) is 0 Å². The van der Waals surface area contributed by atoms with Crippen molar-refractivity contribution in [3.63, 3.8) is 0 Å². The highest BCUT2D eigenvalue weighted by atomic mass is 16.3. The molecule has 2 aromatic rings. The van der Waals surface area contributed by atoms with Crippen LogP contribution in [0.2, 0.25) is 0 Å². The Morgan fingerprint density at radius 1 is 1.80 bits per heavy atom. The van der Waals surface area contributed by atoms with Crippen LogP contribution < -0.4 is 5.69 Å². The summed E-state index contributed by atoms with van der Waals surface area (Å²) >= 11 is 0. The van der Waals surface area contributed by atoms with Crippen LogP contribution in [0, 0.1) is 0 Å². The number of hydrogen-bond acceptors (Lipinski definition) is 3. The average molecular weight is 139 g/mol. The van der Waals surface area contributed by atoms with Crippen LogP contribution in [0.3, 0.4) is 0 Å². The average Bonchev–Trinajstić information content (AvgIpc) is 2.41. The maximum absolute atomic E-state index is 10.8. The van der Waals surface area contributed by atoms with E-state index in [1.165, 1.54) is 11.0 Å². The summed E-state index contributed by atoms with van der Waals surface area (Å²) in [6, 6.07) is 0. The van der Waals surface area contributed by atoms with Crippen LogP contribution in [0.25, 0.3) is 11.4 Å². The molecule has 0 unspecified atom stereocenters. The molecule has 0 saturated carbocycles. The number of aryl methyl sites for hydroxylation is 1. The Hall–Kier alpha value is -1.52. The van der Waals surface area contributed by atoms with Crippen molar-refractivity contribution in [1.82, 2.24) is 14.5 Å². The van der Waals surface area contributed by atoms with E-state index < -0.39 is 0 Å². The summed E-state index contributed by atoms with van der Waals surface area (Å²) in [5.41, 5.74) is 0.763. The SMILES string of the molecule is Cn1c(=O)[nH]c2ocnc21. The van der Waals surface area contributed by atoms with Gasteiger partial charge in [0.25, 0.3) is 0 Å². The highest BCUT2D eigenvalue weighted by Crippen LogP contribution is 2.03. The summed E-state index contributed by atoms with van der Waals surface area (Å²) in [6.07, 6.45) is 1.29. The maximum atomic E-state index is 10.8. The van der Waals surface area contributed by atoms with Crippen molar-refractivity contribution in [1.29, 1.82) is 0 Å². The molecular weight excluding hydrogens is 134 g/mol. The number of nitrogens with one attached hydrogen (secondary N) is 1. The normalized spacial score (nSPS) is 10.9. The lowest BCUT2D eigenvalue weighted by Gasteiger charge is -1.80. The molecule has 0 saturated heterocycles. The third kappa shape index (κ3) is 0.464. The highest BCUT2D eigenvalue weighted by molar-refractivity contribution is 5.62. The third-order valence-electron chi connectivity index (χ3n) is 1.39. The molecule has 0 bridgehead atoms. The maximum Gasteiger partial charge on any atom is 0.329 e. The first-order valence-electron chi connectivity index (χ1n) is 2.77. The largest absolute Gasteiger partial charge is 0.425 e. The molecule has 0 aliphatic rings. The minimum Gasteiger partial charge on any atom is -0.425 e. The Bertz CT molecular complexity index is 408. The van der Waals surface area contributed by atoms with Crippen molar-refractivity contribution in [2.24, 2.45) is 7.05 Å². The van der Waals surface area contributed by atoms with Gasteiger partial charge in [0.05, 0.1) is 0 Å². The number of aromatic nitrogens is 3. The monoisotopic (exact) mass is 139 g/mol. The molecule has 0 amide bonds. The standard InChI is InChI=1S/C5H5N3O2/c1-8-3-4(7-5(8)9)10-2-6-3/h2H,1H3,(H,7,9). The van der Waals surface area contributed by atoms with Crippen LogP contribution in [0.5, 0.6) is 0 Å². The molecule has 0 aliphatic heterocycles. The molecule has 1 N–H and O–H groups in total. The molecule has 0 atom stereocenters. The Kier molecular flexibility index (Phi) is 0.791. The molecule has 52 valence electrons. The van der Waals surface area contributed by atoms with E-state index >= 15 is 0 Å². The predicted molar refractivity (Wildman–Crippen MR) is 33.6 cm³/mol. The number of aromatic amines is 1. The lowest BCUT2D eigenvalue weighted by atomic mass is 10.8. The van der Waals surface area contributed by atoms with Gasteiger partial charge in [-0.15, -0.1) is 0 Å².